The smallest absolute Gasteiger partial charge is 0.0900 e. The Hall–Kier alpha value is -1.40. The number of aliphatic hydroxyl groups excluding tert-OH is 1. The Labute approximate surface area is 147 Å². The monoisotopic (exact) mass is 349 g/mol. The second-order valence-corrected chi connectivity index (χ2v) is 6.77. The SMILES string of the molecule is Cn1cc([C@H]2CCCN2C[C@@H](O)COCc2ccccc2Cl)cn1. The van der Waals surface area contributed by atoms with E-state index in [0.717, 1.165) is 24.9 Å². The molecule has 1 aliphatic heterocycles. The van der Waals surface area contributed by atoms with Gasteiger partial charge in [-0.25, -0.2) is 0 Å². The number of aliphatic hydroxyl groups is 1. The number of hydrogen-bond acceptors (Lipinski definition) is 4. The molecule has 0 radical (unpaired) electrons. The van der Waals surface area contributed by atoms with Gasteiger partial charge in [0.25, 0.3) is 0 Å². The van der Waals surface area contributed by atoms with Gasteiger partial charge in [0.15, 0.2) is 0 Å². The summed E-state index contributed by atoms with van der Waals surface area (Å²) in [4.78, 5) is 2.32. The molecule has 2 heterocycles. The number of hydrogen-bond donors (Lipinski definition) is 1. The fourth-order valence-corrected chi connectivity index (χ4v) is 3.47. The van der Waals surface area contributed by atoms with E-state index in [0.29, 0.717) is 30.8 Å². The highest BCUT2D eigenvalue weighted by molar-refractivity contribution is 6.31. The van der Waals surface area contributed by atoms with Gasteiger partial charge in [-0.3, -0.25) is 9.58 Å². The molecule has 24 heavy (non-hydrogen) atoms. The summed E-state index contributed by atoms with van der Waals surface area (Å²) in [6.45, 7) is 2.34. The molecule has 0 amide bonds. The molecule has 0 aliphatic carbocycles. The Balaban J connectivity index is 1.47. The van der Waals surface area contributed by atoms with E-state index >= 15 is 0 Å². The number of aryl methyl sites for hydroxylation is 1. The number of benzene rings is 1. The van der Waals surface area contributed by atoms with Crippen molar-refractivity contribution in [3.05, 3.63) is 52.8 Å². The molecule has 0 saturated carbocycles. The molecule has 1 N–H and O–H groups in total. The number of nitrogens with zero attached hydrogens (tertiary/aromatic N) is 3. The average molecular weight is 350 g/mol. The molecule has 130 valence electrons. The van der Waals surface area contributed by atoms with Crippen LogP contribution in [0.2, 0.25) is 5.02 Å². The van der Waals surface area contributed by atoms with E-state index in [9.17, 15) is 5.11 Å². The van der Waals surface area contributed by atoms with Gasteiger partial charge in [0, 0.05) is 36.4 Å². The lowest BCUT2D eigenvalue weighted by atomic mass is 10.1. The fraction of sp³-hybridized carbons (Fsp3) is 0.500. The van der Waals surface area contributed by atoms with Crippen LogP contribution in [0.4, 0.5) is 0 Å². The van der Waals surface area contributed by atoms with Gasteiger partial charge in [-0.05, 0) is 31.0 Å². The van der Waals surface area contributed by atoms with E-state index in [2.05, 4.69) is 16.2 Å². The number of β-amino-alcohol motifs (C(OH)–C–C–N with tert-alkyl or cyclic N) is 1. The molecule has 3 rings (SSSR count). The highest BCUT2D eigenvalue weighted by Crippen LogP contribution is 2.31. The Kier molecular flexibility index (Phi) is 5.89. The van der Waals surface area contributed by atoms with E-state index in [-0.39, 0.29) is 0 Å². The number of ether oxygens (including phenoxy) is 1. The zero-order valence-corrected chi connectivity index (χ0v) is 14.7. The molecule has 2 atom stereocenters. The fourth-order valence-electron chi connectivity index (χ4n) is 3.28. The molecule has 1 fully saturated rings. The van der Waals surface area contributed by atoms with Crippen LogP contribution < -0.4 is 0 Å². The lowest BCUT2D eigenvalue weighted by Crippen LogP contribution is -2.34. The van der Waals surface area contributed by atoms with Crippen LogP contribution in [0.1, 0.15) is 30.0 Å². The molecule has 2 aromatic rings. The van der Waals surface area contributed by atoms with Gasteiger partial charge < -0.3 is 9.84 Å². The zero-order chi connectivity index (χ0) is 16.9. The second-order valence-electron chi connectivity index (χ2n) is 6.36. The Morgan fingerprint density at radius 3 is 3.00 bits per heavy atom. The molecule has 0 unspecified atom stereocenters. The first-order valence-corrected chi connectivity index (χ1v) is 8.73. The van der Waals surface area contributed by atoms with Gasteiger partial charge in [-0.15, -0.1) is 0 Å². The van der Waals surface area contributed by atoms with E-state index in [1.54, 1.807) is 0 Å². The van der Waals surface area contributed by atoms with Crippen LogP contribution in [0.25, 0.3) is 0 Å². The van der Waals surface area contributed by atoms with Crippen LogP contribution in [-0.4, -0.2) is 45.6 Å². The first kappa shape index (κ1) is 17.4. The Morgan fingerprint density at radius 2 is 2.25 bits per heavy atom. The molecule has 0 spiro atoms. The van der Waals surface area contributed by atoms with Crippen LogP contribution in [0, 0.1) is 0 Å². The van der Waals surface area contributed by atoms with Crippen molar-refractivity contribution in [3.63, 3.8) is 0 Å². The van der Waals surface area contributed by atoms with Crippen molar-refractivity contribution in [2.45, 2.75) is 31.6 Å². The van der Waals surface area contributed by atoms with Crippen molar-refractivity contribution >= 4 is 11.6 Å². The normalized spacial score (nSPS) is 19.7. The van der Waals surface area contributed by atoms with Gasteiger partial charge in [0.1, 0.15) is 0 Å². The van der Waals surface area contributed by atoms with Gasteiger partial charge in [-0.2, -0.15) is 5.10 Å². The van der Waals surface area contributed by atoms with Gasteiger partial charge in [0.2, 0.25) is 0 Å². The largest absolute Gasteiger partial charge is 0.389 e. The van der Waals surface area contributed by atoms with Crippen molar-refractivity contribution in [2.24, 2.45) is 7.05 Å². The molecule has 5 nitrogen and oxygen atoms in total. The summed E-state index contributed by atoms with van der Waals surface area (Å²) in [6, 6.07) is 7.96. The minimum Gasteiger partial charge on any atom is -0.389 e. The third-order valence-corrected chi connectivity index (χ3v) is 4.81. The van der Waals surface area contributed by atoms with Crippen molar-refractivity contribution in [3.8, 4) is 0 Å². The zero-order valence-electron chi connectivity index (χ0n) is 13.9. The maximum Gasteiger partial charge on any atom is 0.0900 e. The highest BCUT2D eigenvalue weighted by Gasteiger charge is 2.28. The van der Waals surface area contributed by atoms with Gasteiger partial charge in [0.05, 0.1) is 25.5 Å². The summed E-state index contributed by atoms with van der Waals surface area (Å²) in [6.07, 6.45) is 5.72. The summed E-state index contributed by atoms with van der Waals surface area (Å²) in [5, 5.41) is 15.3. The van der Waals surface area contributed by atoms with Crippen molar-refractivity contribution < 1.29 is 9.84 Å². The minimum absolute atomic E-state index is 0.307. The van der Waals surface area contributed by atoms with Gasteiger partial charge >= 0.3 is 0 Å². The quantitative estimate of drug-likeness (QED) is 0.835. The van der Waals surface area contributed by atoms with E-state index < -0.39 is 6.10 Å². The number of rotatable bonds is 7. The van der Waals surface area contributed by atoms with Crippen LogP contribution in [0.3, 0.4) is 0 Å². The average Bonchev–Trinajstić information content (AvgIpc) is 3.18. The first-order chi connectivity index (χ1) is 11.6. The van der Waals surface area contributed by atoms with Crippen LogP contribution >= 0.6 is 11.6 Å². The van der Waals surface area contributed by atoms with Crippen LogP contribution in [0.5, 0.6) is 0 Å². The third kappa shape index (κ3) is 4.36. The predicted molar refractivity (Wildman–Crippen MR) is 93.9 cm³/mol. The second kappa shape index (κ2) is 8.12. The molecule has 1 saturated heterocycles. The molecule has 6 heteroatoms. The topological polar surface area (TPSA) is 50.5 Å². The third-order valence-electron chi connectivity index (χ3n) is 4.44. The summed E-state index contributed by atoms with van der Waals surface area (Å²) in [5.74, 6) is 0. The van der Waals surface area contributed by atoms with Crippen molar-refractivity contribution in [1.29, 1.82) is 0 Å². The first-order valence-electron chi connectivity index (χ1n) is 8.35. The van der Waals surface area contributed by atoms with E-state index in [1.165, 1.54) is 5.56 Å². The summed E-state index contributed by atoms with van der Waals surface area (Å²) in [5.41, 5.74) is 2.17. The van der Waals surface area contributed by atoms with Crippen molar-refractivity contribution in [1.82, 2.24) is 14.7 Å². The van der Waals surface area contributed by atoms with E-state index in [1.807, 2.05) is 42.2 Å². The molecule has 1 aromatic carbocycles. The maximum atomic E-state index is 10.3. The Morgan fingerprint density at radius 1 is 1.42 bits per heavy atom. The predicted octanol–water partition coefficient (Wildman–Crippen LogP) is 2.79. The molecule has 1 aromatic heterocycles. The molecular weight excluding hydrogens is 326 g/mol. The number of halogens is 1. The standard InChI is InChI=1S/C18H24ClN3O2/c1-21-10-15(9-20-21)18-7-4-8-22(18)11-16(23)13-24-12-14-5-2-3-6-17(14)19/h2-3,5-6,9-10,16,18,23H,4,7-8,11-13H2,1H3/t16-,18-/m1/s1. The van der Waals surface area contributed by atoms with Crippen molar-refractivity contribution in [2.75, 3.05) is 19.7 Å². The van der Waals surface area contributed by atoms with E-state index in [4.69, 9.17) is 16.3 Å². The summed E-state index contributed by atoms with van der Waals surface area (Å²) in [7, 11) is 1.93. The Bertz CT molecular complexity index is 661. The maximum absolute atomic E-state index is 10.3. The summed E-state index contributed by atoms with van der Waals surface area (Å²) >= 11 is 6.11. The van der Waals surface area contributed by atoms with Crippen LogP contribution in [0.15, 0.2) is 36.7 Å². The van der Waals surface area contributed by atoms with Gasteiger partial charge in [-0.1, -0.05) is 29.8 Å². The number of aromatic nitrogens is 2. The lowest BCUT2D eigenvalue weighted by Gasteiger charge is -2.26. The minimum atomic E-state index is -0.509. The highest BCUT2D eigenvalue weighted by atomic mass is 35.5. The molecule has 1 aliphatic rings. The van der Waals surface area contributed by atoms with Crippen LogP contribution in [-0.2, 0) is 18.4 Å². The molecule has 0 bridgehead atoms. The number of likely N-dealkylation sites (tertiary alicyclic amines) is 1. The lowest BCUT2D eigenvalue weighted by molar-refractivity contribution is 0.00773. The molecular formula is C18H24ClN3O2. The summed E-state index contributed by atoms with van der Waals surface area (Å²) < 4.78 is 7.47.